The molecule has 0 bridgehead atoms. The largest absolute Gasteiger partial charge is 0.294 e. The molecule has 0 spiro atoms. The fourth-order valence-corrected chi connectivity index (χ4v) is 1.88. The van der Waals surface area contributed by atoms with Gasteiger partial charge in [-0.05, 0) is 12.8 Å². The summed E-state index contributed by atoms with van der Waals surface area (Å²) in [5, 5.41) is 0.957. The van der Waals surface area contributed by atoms with Crippen molar-refractivity contribution in [1.29, 1.82) is 0 Å². The van der Waals surface area contributed by atoms with E-state index in [9.17, 15) is 4.79 Å². The first-order valence-electron chi connectivity index (χ1n) is 5.24. The molecule has 0 aromatic heterocycles. The summed E-state index contributed by atoms with van der Waals surface area (Å²) >= 11 is 3.40. The van der Waals surface area contributed by atoms with E-state index in [1.807, 2.05) is 44.2 Å². The lowest BCUT2D eigenvalue weighted by Gasteiger charge is -2.22. The molecule has 0 amide bonds. The molecule has 0 aliphatic carbocycles. The van der Waals surface area contributed by atoms with Gasteiger partial charge in [-0.25, -0.2) is 0 Å². The van der Waals surface area contributed by atoms with E-state index in [0.29, 0.717) is 0 Å². The highest BCUT2D eigenvalue weighted by Gasteiger charge is 2.27. The molecule has 0 saturated heterocycles. The average molecular weight is 269 g/mol. The van der Waals surface area contributed by atoms with Gasteiger partial charge in [0.2, 0.25) is 0 Å². The van der Waals surface area contributed by atoms with Crippen molar-refractivity contribution < 1.29 is 4.79 Å². The minimum atomic E-state index is -0.255. The quantitative estimate of drug-likeness (QED) is 0.581. The van der Waals surface area contributed by atoms with Gasteiger partial charge in [0.25, 0.3) is 0 Å². The van der Waals surface area contributed by atoms with Crippen LogP contribution in [0.4, 0.5) is 0 Å². The molecule has 1 rings (SSSR count). The first-order chi connectivity index (χ1) is 7.08. The summed E-state index contributed by atoms with van der Waals surface area (Å²) in [5.41, 5.74) is 0.562. The Morgan fingerprint density at radius 1 is 1.27 bits per heavy atom. The zero-order chi connectivity index (χ0) is 11.3. The first kappa shape index (κ1) is 12.4. The Labute approximate surface area is 100 Å². The molecule has 1 aromatic rings. The maximum atomic E-state index is 12.2. The van der Waals surface area contributed by atoms with Gasteiger partial charge >= 0.3 is 0 Å². The van der Waals surface area contributed by atoms with Crippen molar-refractivity contribution in [2.24, 2.45) is 5.41 Å². The summed E-state index contributed by atoms with van der Waals surface area (Å²) in [4.78, 5) is 12.2. The molecular weight excluding hydrogens is 252 g/mol. The van der Waals surface area contributed by atoms with Gasteiger partial charge in [-0.1, -0.05) is 60.1 Å². The Balaban J connectivity index is 2.75. The van der Waals surface area contributed by atoms with E-state index in [0.717, 1.165) is 23.7 Å². The number of ketones is 1. The topological polar surface area (TPSA) is 17.1 Å². The number of rotatable bonds is 5. The van der Waals surface area contributed by atoms with Crippen molar-refractivity contribution in [2.75, 3.05) is 5.33 Å². The van der Waals surface area contributed by atoms with Gasteiger partial charge in [-0.2, -0.15) is 0 Å². The second-order valence-electron chi connectivity index (χ2n) is 4.37. The van der Waals surface area contributed by atoms with Crippen molar-refractivity contribution in [2.45, 2.75) is 26.7 Å². The Bertz CT molecular complexity index is 317. The predicted molar refractivity (Wildman–Crippen MR) is 67.6 cm³/mol. The zero-order valence-electron chi connectivity index (χ0n) is 9.29. The summed E-state index contributed by atoms with van der Waals surface area (Å²) in [7, 11) is 0. The third-order valence-corrected chi connectivity index (χ3v) is 3.15. The van der Waals surface area contributed by atoms with E-state index in [1.165, 1.54) is 0 Å². The standard InChI is InChI=1S/C13H17BrO/c1-13(2,9-6-10-14)12(15)11-7-4-3-5-8-11/h3-5,7-8H,6,9-10H2,1-2H3. The van der Waals surface area contributed by atoms with Crippen LogP contribution in [-0.2, 0) is 0 Å². The lowest BCUT2D eigenvalue weighted by Crippen LogP contribution is -2.24. The van der Waals surface area contributed by atoms with Gasteiger partial charge in [0, 0.05) is 16.3 Å². The lowest BCUT2D eigenvalue weighted by molar-refractivity contribution is 0.0826. The number of Topliss-reactive ketones (excluding diaryl/α,β-unsaturated/α-hetero) is 1. The summed E-state index contributed by atoms with van der Waals surface area (Å²) in [6.07, 6.45) is 1.96. The van der Waals surface area contributed by atoms with Gasteiger partial charge in [0.15, 0.2) is 5.78 Å². The molecule has 0 fully saturated rings. The second-order valence-corrected chi connectivity index (χ2v) is 5.16. The van der Waals surface area contributed by atoms with Crippen LogP contribution >= 0.6 is 15.9 Å². The number of halogens is 1. The van der Waals surface area contributed by atoms with E-state index >= 15 is 0 Å². The third kappa shape index (κ3) is 3.45. The summed E-state index contributed by atoms with van der Waals surface area (Å²) in [6.45, 7) is 4.04. The molecule has 0 N–H and O–H groups in total. The molecule has 0 aliphatic heterocycles. The minimum Gasteiger partial charge on any atom is -0.294 e. The van der Waals surface area contributed by atoms with Crippen molar-refractivity contribution in [3.63, 3.8) is 0 Å². The van der Waals surface area contributed by atoms with Crippen LogP contribution in [0.1, 0.15) is 37.0 Å². The van der Waals surface area contributed by atoms with Gasteiger partial charge in [-0.3, -0.25) is 4.79 Å². The molecule has 15 heavy (non-hydrogen) atoms. The van der Waals surface area contributed by atoms with Crippen LogP contribution in [-0.4, -0.2) is 11.1 Å². The molecule has 1 aromatic carbocycles. The van der Waals surface area contributed by atoms with Crippen molar-refractivity contribution in [1.82, 2.24) is 0 Å². The van der Waals surface area contributed by atoms with Crippen LogP contribution in [0.2, 0.25) is 0 Å². The van der Waals surface area contributed by atoms with E-state index in [2.05, 4.69) is 15.9 Å². The number of carbonyl (C=O) groups is 1. The first-order valence-corrected chi connectivity index (χ1v) is 6.36. The van der Waals surface area contributed by atoms with E-state index in [1.54, 1.807) is 0 Å². The number of benzene rings is 1. The summed E-state index contributed by atoms with van der Waals surface area (Å²) in [5.74, 6) is 0.240. The van der Waals surface area contributed by atoms with Gasteiger partial charge in [0.05, 0.1) is 0 Å². The van der Waals surface area contributed by atoms with Crippen LogP contribution in [0.25, 0.3) is 0 Å². The van der Waals surface area contributed by atoms with Crippen LogP contribution in [0.5, 0.6) is 0 Å². The monoisotopic (exact) mass is 268 g/mol. The van der Waals surface area contributed by atoms with Crippen molar-refractivity contribution in [3.8, 4) is 0 Å². The average Bonchev–Trinajstić information content (AvgIpc) is 2.26. The molecule has 2 heteroatoms. The van der Waals surface area contributed by atoms with Crippen LogP contribution in [0, 0.1) is 5.41 Å². The van der Waals surface area contributed by atoms with E-state index in [-0.39, 0.29) is 11.2 Å². The van der Waals surface area contributed by atoms with Gasteiger partial charge in [-0.15, -0.1) is 0 Å². The number of alkyl halides is 1. The molecular formula is C13H17BrO. The van der Waals surface area contributed by atoms with Crippen LogP contribution < -0.4 is 0 Å². The third-order valence-electron chi connectivity index (χ3n) is 2.59. The molecule has 0 unspecified atom stereocenters. The smallest absolute Gasteiger partial charge is 0.168 e. The molecule has 1 nitrogen and oxygen atoms in total. The zero-order valence-corrected chi connectivity index (χ0v) is 10.9. The van der Waals surface area contributed by atoms with Crippen molar-refractivity contribution >= 4 is 21.7 Å². The maximum Gasteiger partial charge on any atom is 0.168 e. The highest BCUT2D eigenvalue weighted by Crippen LogP contribution is 2.27. The van der Waals surface area contributed by atoms with Crippen LogP contribution in [0.15, 0.2) is 30.3 Å². The highest BCUT2D eigenvalue weighted by atomic mass is 79.9. The molecule has 0 atom stereocenters. The Morgan fingerprint density at radius 2 is 1.87 bits per heavy atom. The molecule has 0 aliphatic rings. The minimum absolute atomic E-state index is 0.240. The SMILES string of the molecule is CC(C)(CCCBr)C(=O)c1ccccc1. The molecule has 0 radical (unpaired) electrons. The van der Waals surface area contributed by atoms with E-state index < -0.39 is 0 Å². The fraction of sp³-hybridized carbons (Fsp3) is 0.462. The van der Waals surface area contributed by atoms with E-state index in [4.69, 9.17) is 0 Å². The fourth-order valence-electron chi connectivity index (χ4n) is 1.60. The highest BCUT2D eigenvalue weighted by molar-refractivity contribution is 9.09. The van der Waals surface area contributed by atoms with Crippen molar-refractivity contribution in [3.05, 3.63) is 35.9 Å². The summed E-state index contributed by atoms with van der Waals surface area (Å²) in [6, 6.07) is 9.53. The molecule has 0 heterocycles. The normalized spacial score (nSPS) is 11.4. The molecule has 0 saturated carbocycles. The van der Waals surface area contributed by atoms with Gasteiger partial charge in [0.1, 0.15) is 0 Å². The lowest BCUT2D eigenvalue weighted by atomic mass is 9.80. The Hall–Kier alpha value is -0.630. The Kier molecular flexibility index (Phi) is 4.52. The second kappa shape index (κ2) is 5.45. The number of hydrogen-bond donors (Lipinski definition) is 0. The maximum absolute atomic E-state index is 12.2. The van der Waals surface area contributed by atoms with Crippen LogP contribution in [0.3, 0.4) is 0 Å². The summed E-state index contributed by atoms with van der Waals surface area (Å²) < 4.78 is 0. The molecule has 82 valence electrons. The number of hydrogen-bond acceptors (Lipinski definition) is 1. The van der Waals surface area contributed by atoms with Gasteiger partial charge < -0.3 is 0 Å². The Morgan fingerprint density at radius 3 is 2.40 bits per heavy atom. The predicted octanol–water partition coefficient (Wildman–Crippen LogP) is 4.07. The number of carbonyl (C=O) groups excluding carboxylic acids is 1.